The Kier molecular flexibility index (Phi) is 5.76. The van der Waals surface area contributed by atoms with E-state index in [0.29, 0.717) is 18.1 Å². The molecule has 1 heterocycles. The molecule has 27 heavy (non-hydrogen) atoms. The molecule has 2 N–H and O–H groups in total. The molecule has 140 valence electrons. The molecule has 0 aliphatic carbocycles. The summed E-state index contributed by atoms with van der Waals surface area (Å²) in [5, 5.41) is 2.91. The van der Waals surface area contributed by atoms with Gasteiger partial charge in [-0.25, -0.2) is 4.98 Å². The Hall–Kier alpha value is -3.28. The Balaban J connectivity index is 1.66. The van der Waals surface area contributed by atoms with Gasteiger partial charge in [0.05, 0.1) is 30.8 Å². The third-order valence-electron chi connectivity index (χ3n) is 4.09. The van der Waals surface area contributed by atoms with Crippen molar-refractivity contribution >= 4 is 23.0 Å². The number of para-hydroxylation sites is 2. The van der Waals surface area contributed by atoms with Gasteiger partial charge in [-0.1, -0.05) is 18.2 Å². The summed E-state index contributed by atoms with van der Waals surface area (Å²) in [4.78, 5) is 20.0. The summed E-state index contributed by atoms with van der Waals surface area (Å²) < 4.78 is 10.8. The summed E-state index contributed by atoms with van der Waals surface area (Å²) in [6.07, 6.45) is 3.24. The number of benzene rings is 2. The average Bonchev–Trinajstić information content (AvgIpc) is 3.11. The number of rotatable bonds is 7. The summed E-state index contributed by atoms with van der Waals surface area (Å²) in [7, 11) is 1.60. The molecule has 6 heteroatoms. The first-order chi connectivity index (χ1) is 13.1. The highest BCUT2D eigenvalue weighted by Gasteiger charge is 2.12. The molecule has 0 radical (unpaired) electrons. The van der Waals surface area contributed by atoms with Crippen LogP contribution in [0.5, 0.6) is 11.5 Å². The van der Waals surface area contributed by atoms with Gasteiger partial charge in [0.1, 0.15) is 5.82 Å². The molecule has 0 aliphatic heterocycles. The van der Waals surface area contributed by atoms with Crippen LogP contribution in [-0.4, -0.2) is 29.6 Å². The molecule has 1 atom stereocenters. The second-order valence-corrected chi connectivity index (χ2v) is 6.05. The second-order valence-electron chi connectivity index (χ2n) is 6.05. The largest absolute Gasteiger partial charge is 0.493 e. The first kappa shape index (κ1) is 18.5. The van der Waals surface area contributed by atoms with Crippen molar-refractivity contribution in [2.75, 3.05) is 13.7 Å². The molecule has 0 spiro atoms. The quantitative estimate of drug-likeness (QED) is 0.623. The zero-order valence-corrected chi connectivity index (χ0v) is 15.7. The van der Waals surface area contributed by atoms with E-state index in [9.17, 15) is 4.79 Å². The van der Waals surface area contributed by atoms with Crippen molar-refractivity contribution in [2.24, 2.45) is 0 Å². The molecule has 3 rings (SSSR count). The van der Waals surface area contributed by atoms with Crippen LogP contribution in [0.4, 0.5) is 0 Å². The molecular weight excluding hydrogens is 342 g/mol. The van der Waals surface area contributed by atoms with Crippen LogP contribution >= 0.6 is 0 Å². The maximum Gasteiger partial charge on any atom is 0.244 e. The number of amides is 1. The third kappa shape index (κ3) is 4.47. The normalized spacial score (nSPS) is 12.3. The maximum atomic E-state index is 12.3. The highest BCUT2D eigenvalue weighted by Crippen LogP contribution is 2.28. The maximum absolute atomic E-state index is 12.3. The van der Waals surface area contributed by atoms with Crippen molar-refractivity contribution < 1.29 is 14.3 Å². The van der Waals surface area contributed by atoms with Crippen molar-refractivity contribution in [1.29, 1.82) is 0 Å². The summed E-state index contributed by atoms with van der Waals surface area (Å²) in [5.74, 6) is 1.84. The minimum Gasteiger partial charge on any atom is -0.493 e. The number of carbonyl (C=O) groups excluding carboxylic acids is 1. The van der Waals surface area contributed by atoms with Crippen molar-refractivity contribution in [1.82, 2.24) is 15.3 Å². The van der Waals surface area contributed by atoms with Gasteiger partial charge in [-0.05, 0) is 49.8 Å². The number of aromatic amines is 1. The molecule has 1 aromatic heterocycles. The lowest BCUT2D eigenvalue weighted by Crippen LogP contribution is -2.25. The number of methoxy groups -OCH3 is 1. The minimum atomic E-state index is -0.232. The van der Waals surface area contributed by atoms with Crippen LogP contribution in [0.3, 0.4) is 0 Å². The number of hydrogen-bond acceptors (Lipinski definition) is 4. The lowest BCUT2D eigenvalue weighted by molar-refractivity contribution is -0.117. The topological polar surface area (TPSA) is 76.2 Å². The predicted molar refractivity (Wildman–Crippen MR) is 106 cm³/mol. The second kappa shape index (κ2) is 8.40. The van der Waals surface area contributed by atoms with Crippen LogP contribution in [-0.2, 0) is 4.79 Å². The Bertz CT molecular complexity index is 929. The molecule has 0 fully saturated rings. The predicted octanol–water partition coefficient (Wildman–Crippen LogP) is 3.86. The van der Waals surface area contributed by atoms with Gasteiger partial charge in [0.2, 0.25) is 5.91 Å². The molecule has 0 saturated carbocycles. The Morgan fingerprint density at radius 1 is 1.26 bits per heavy atom. The lowest BCUT2D eigenvalue weighted by Gasteiger charge is -2.10. The van der Waals surface area contributed by atoms with Gasteiger partial charge in [0, 0.05) is 6.08 Å². The van der Waals surface area contributed by atoms with E-state index in [-0.39, 0.29) is 11.9 Å². The zero-order chi connectivity index (χ0) is 19.2. The van der Waals surface area contributed by atoms with E-state index >= 15 is 0 Å². The Morgan fingerprint density at radius 2 is 2.07 bits per heavy atom. The van der Waals surface area contributed by atoms with E-state index in [1.807, 2.05) is 56.3 Å². The Morgan fingerprint density at radius 3 is 2.81 bits per heavy atom. The number of fused-ring (bicyclic) bond motifs is 1. The molecule has 1 amide bonds. The van der Waals surface area contributed by atoms with E-state index in [2.05, 4.69) is 15.3 Å². The standard InChI is InChI=1S/C21H23N3O3/c1-4-27-19-13-15(9-11-18(19)26-3)10-12-20(25)22-14(2)21-23-16-7-5-6-8-17(16)24-21/h5-14H,4H2,1-3H3,(H,22,25)(H,23,24)/b12-10+/t14-/m0/s1. The highest BCUT2D eigenvalue weighted by atomic mass is 16.5. The van der Waals surface area contributed by atoms with Gasteiger partial charge in [0.15, 0.2) is 11.5 Å². The molecule has 0 unspecified atom stereocenters. The lowest BCUT2D eigenvalue weighted by atomic mass is 10.2. The van der Waals surface area contributed by atoms with Crippen LogP contribution < -0.4 is 14.8 Å². The zero-order valence-electron chi connectivity index (χ0n) is 15.7. The van der Waals surface area contributed by atoms with E-state index < -0.39 is 0 Å². The van der Waals surface area contributed by atoms with Gasteiger partial charge in [-0.2, -0.15) is 0 Å². The van der Waals surface area contributed by atoms with Gasteiger partial charge >= 0.3 is 0 Å². The van der Waals surface area contributed by atoms with Gasteiger partial charge in [0.25, 0.3) is 0 Å². The third-order valence-corrected chi connectivity index (χ3v) is 4.09. The number of aromatic nitrogens is 2. The molecule has 0 saturated heterocycles. The fourth-order valence-corrected chi connectivity index (χ4v) is 2.74. The first-order valence-electron chi connectivity index (χ1n) is 8.84. The number of imidazole rings is 1. The molecule has 2 aromatic carbocycles. The minimum absolute atomic E-state index is 0.197. The number of ether oxygens (including phenoxy) is 2. The van der Waals surface area contributed by atoms with Crippen molar-refractivity contribution in [3.05, 3.63) is 59.9 Å². The highest BCUT2D eigenvalue weighted by molar-refractivity contribution is 5.92. The monoisotopic (exact) mass is 365 g/mol. The molecule has 6 nitrogen and oxygen atoms in total. The van der Waals surface area contributed by atoms with Gasteiger partial charge in [-0.3, -0.25) is 4.79 Å². The van der Waals surface area contributed by atoms with Crippen LogP contribution in [0.15, 0.2) is 48.5 Å². The summed E-state index contributed by atoms with van der Waals surface area (Å²) >= 11 is 0. The summed E-state index contributed by atoms with van der Waals surface area (Å²) in [5.41, 5.74) is 2.68. The molecular formula is C21H23N3O3. The van der Waals surface area contributed by atoms with E-state index in [1.54, 1.807) is 13.2 Å². The number of nitrogens with zero attached hydrogens (tertiary/aromatic N) is 1. The smallest absolute Gasteiger partial charge is 0.244 e. The van der Waals surface area contributed by atoms with Crippen molar-refractivity contribution in [3.63, 3.8) is 0 Å². The van der Waals surface area contributed by atoms with Crippen LogP contribution in [0.1, 0.15) is 31.3 Å². The molecule has 0 aliphatic rings. The fourth-order valence-electron chi connectivity index (χ4n) is 2.74. The SMILES string of the molecule is CCOc1cc(/C=C/C(=O)N[C@@H](C)c2nc3ccccc3[nH]2)ccc1OC. The van der Waals surface area contributed by atoms with Crippen LogP contribution in [0.2, 0.25) is 0 Å². The number of H-pyrrole nitrogens is 1. The van der Waals surface area contributed by atoms with E-state index in [4.69, 9.17) is 9.47 Å². The first-order valence-corrected chi connectivity index (χ1v) is 8.84. The number of hydrogen-bond donors (Lipinski definition) is 2. The summed E-state index contributed by atoms with van der Waals surface area (Å²) in [6.45, 7) is 4.35. The van der Waals surface area contributed by atoms with Gasteiger partial charge in [-0.15, -0.1) is 0 Å². The van der Waals surface area contributed by atoms with Crippen molar-refractivity contribution in [3.8, 4) is 11.5 Å². The van der Waals surface area contributed by atoms with Crippen molar-refractivity contribution in [2.45, 2.75) is 19.9 Å². The van der Waals surface area contributed by atoms with E-state index in [0.717, 1.165) is 22.4 Å². The summed E-state index contributed by atoms with van der Waals surface area (Å²) in [6, 6.07) is 13.1. The van der Waals surface area contributed by atoms with Crippen LogP contribution in [0.25, 0.3) is 17.1 Å². The average molecular weight is 365 g/mol. The van der Waals surface area contributed by atoms with E-state index in [1.165, 1.54) is 6.08 Å². The Labute approximate surface area is 158 Å². The van der Waals surface area contributed by atoms with Crippen LogP contribution in [0, 0.1) is 0 Å². The number of nitrogens with one attached hydrogen (secondary N) is 2. The molecule has 0 bridgehead atoms. The fraction of sp³-hybridized carbons (Fsp3) is 0.238. The van der Waals surface area contributed by atoms with Gasteiger partial charge < -0.3 is 19.8 Å². The molecule has 3 aromatic rings. The number of carbonyl (C=O) groups is 1.